The zero-order valence-electron chi connectivity index (χ0n) is 12.7. The average molecular weight is 262 g/mol. The zero-order chi connectivity index (χ0) is 13.9. The molecule has 1 heterocycles. The Kier molecular flexibility index (Phi) is 2.69. The molecule has 1 aliphatic heterocycles. The first-order chi connectivity index (χ1) is 8.78. The van der Waals surface area contributed by atoms with Crippen LogP contribution in [0.3, 0.4) is 0 Å². The first-order valence-corrected chi connectivity index (χ1v) is 7.69. The maximum atomic E-state index is 11.6. The Hall–Kier alpha value is -0.790. The highest BCUT2D eigenvalue weighted by atomic mass is 16.6. The number of hydrogen-bond donors (Lipinski definition) is 0. The summed E-state index contributed by atoms with van der Waals surface area (Å²) < 4.78 is 5.73. The van der Waals surface area contributed by atoms with Gasteiger partial charge in [0.05, 0.1) is 0 Å². The minimum Gasteiger partial charge on any atom is -0.456 e. The number of ether oxygens (including phenoxy) is 1. The number of esters is 1. The summed E-state index contributed by atoms with van der Waals surface area (Å²) in [6.45, 7) is 9.43. The second-order valence-corrected chi connectivity index (χ2v) is 8.01. The topological polar surface area (TPSA) is 26.3 Å². The Morgan fingerprint density at radius 2 is 1.89 bits per heavy atom. The Labute approximate surface area is 116 Å². The molecule has 19 heavy (non-hydrogen) atoms. The normalized spacial score (nSPS) is 48.1. The lowest BCUT2D eigenvalue weighted by Crippen LogP contribution is -2.59. The molecule has 0 N–H and O–H groups in total. The van der Waals surface area contributed by atoms with Crippen LogP contribution in [-0.2, 0) is 9.53 Å². The molecule has 0 radical (unpaired) electrons. The Morgan fingerprint density at radius 3 is 2.63 bits per heavy atom. The van der Waals surface area contributed by atoms with Gasteiger partial charge >= 0.3 is 5.97 Å². The summed E-state index contributed by atoms with van der Waals surface area (Å²) in [5.74, 6) is 0.972. The zero-order valence-corrected chi connectivity index (χ0v) is 12.7. The number of carbonyl (C=O) groups excluding carboxylic acids is 1. The van der Waals surface area contributed by atoms with Crippen molar-refractivity contribution in [2.24, 2.45) is 22.7 Å². The number of carbonyl (C=O) groups is 1. The van der Waals surface area contributed by atoms with Crippen molar-refractivity contribution < 1.29 is 9.53 Å². The van der Waals surface area contributed by atoms with E-state index in [1.165, 1.54) is 25.7 Å². The molecule has 2 aliphatic carbocycles. The van der Waals surface area contributed by atoms with Crippen molar-refractivity contribution in [1.29, 1.82) is 0 Å². The molecular weight excluding hydrogens is 236 g/mol. The summed E-state index contributed by atoms with van der Waals surface area (Å²) >= 11 is 0. The summed E-state index contributed by atoms with van der Waals surface area (Å²) in [6, 6.07) is 0. The van der Waals surface area contributed by atoms with Crippen molar-refractivity contribution in [2.75, 3.05) is 0 Å². The lowest BCUT2D eigenvalue weighted by molar-refractivity contribution is -0.190. The Balaban J connectivity index is 2.03. The minimum absolute atomic E-state index is 0.157. The molecule has 0 amide bonds. The van der Waals surface area contributed by atoms with Gasteiger partial charge in [0.15, 0.2) is 0 Å². The van der Waals surface area contributed by atoms with Crippen LogP contribution in [0.25, 0.3) is 0 Å². The van der Waals surface area contributed by atoms with Crippen molar-refractivity contribution >= 4 is 5.97 Å². The van der Waals surface area contributed by atoms with E-state index in [4.69, 9.17) is 4.74 Å². The predicted octanol–water partition coefficient (Wildman–Crippen LogP) is 4.10. The van der Waals surface area contributed by atoms with Gasteiger partial charge in [-0.25, -0.2) is 4.79 Å². The fourth-order valence-corrected chi connectivity index (χ4v) is 5.52. The molecule has 4 atom stereocenters. The summed E-state index contributed by atoms with van der Waals surface area (Å²) in [5.41, 5.74) is 0.431. The molecule has 106 valence electrons. The van der Waals surface area contributed by atoms with E-state index in [2.05, 4.69) is 33.8 Å². The molecule has 0 saturated heterocycles. The first kappa shape index (κ1) is 13.2. The second-order valence-electron chi connectivity index (χ2n) is 8.01. The van der Waals surface area contributed by atoms with Crippen molar-refractivity contribution in [2.45, 2.75) is 65.4 Å². The van der Waals surface area contributed by atoms with Crippen LogP contribution >= 0.6 is 0 Å². The molecular formula is C17H26O2. The van der Waals surface area contributed by atoms with Crippen LogP contribution < -0.4 is 0 Å². The summed E-state index contributed by atoms with van der Waals surface area (Å²) in [5, 5.41) is 0. The lowest BCUT2D eigenvalue weighted by atomic mass is 9.45. The van der Waals surface area contributed by atoms with Gasteiger partial charge in [-0.15, -0.1) is 0 Å². The second kappa shape index (κ2) is 3.86. The van der Waals surface area contributed by atoms with Gasteiger partial charge in [0, 0.05) is 12.0 Å². The quantitative estimate of drug-likeness (QED) is 0.614. The number of hydrogen-bond acceptors (Lipinski definition) is 2. The highest BCUT2D eigenvalue weighted by Gasteiger charge is 2.59. The van der Waals surface area contributed by atoms with E-state index in [0.717, 1.165) is 12.3 Å². The van der Waals surface area contributed by atoms with E-state index < -0.39 is 0 Å². The molecule has 3 aliphatic rings. The van der Waals surface area contributed by atoms with Crippen molar-refractivity contribution in [3.63, 3.8) is 0 Å². The maximum absolute atomic E-state index is 11.6. The predicted molar refractivity (Wildman–Crippen MR) is 75.6 cm³/mol. The molecule has 0 spiro atoms. The molecule has 2 fully saturated rings. The fourth-order valence-electron chi connectivity index (χ4n) is 5.52. The van der Waals surface area contributed by atoms with Gasteiger partial charge < -0.3 is 4.74 Å². The molecule has 0 aromatic rings. The van der Waals surface area contributed by atoms with Crippen LogP contribution in [0, 0.1) is 22.7 Å². The van der Waals surface area contributed by atoms with E-state index in [1.807, 2.05) is 0 Å². The SMILES string of the molecule is CC1(C)CCCC2(C)C1CCC1(C)OC(=O)C=CC12. The third kappa shape index (κ3) is 1.79. The molecule has 4 unspecified atom stereocenters. The summed E-state index contributed by atoms with van der Waals surface area (Å²) in [4.78, 5) is 11.6. The van der Waals surface area contributed by atoms with Crippen LogP contribution in [0.15, 0.2) is 12.2 Å². The van der Waals surface area contributed by atoms with Crippen LogP contribution in [0.4, 0.5) is 0 Å². The van der Waals surface area contributed by atoms with E-state index in [9.17, 15) is 4.79 Å². The molecule has 2 saturated carbocycles. The number of fused-ring (bicyclic) bond motifs is 3. The van der Waals surface area contributed by atoms with Crippen LogP contribution in [0.5, 0.6) is 0 Å². The minimum atomic E-state index is -0.273. The van der Waals surface area contributed by atoms with Gasteiger partial charge in [0.25, 0.3) is 0 Å². The Morgan fingerprint density at radius 1 is 1.16 bits per heavy atom. The van der Waals surface area contributed by atoms with Crippen LogP contribution in [-0.4, -0.2) is 11.6 Å². The molecule has 0 aromatic carbocycles. The van der Waals surface area contributed by atoms with E-state index in [0.29, 0.717) is 11.3 Å². The maximum Gasteiger partial charge on any atom is 0.330 e. The summed E-state index contributed by atoms with van der Waals surface area (Å²) in [6.07, 6.45) is 9.91. The van der Waals surface area contributed by atoms with Gasteiger partial charge in [0.1, 0.15) is 5.60 Å². The third-order valence-corrected chi connectivity index (χ3v) is 6.33. The van der Waals surface area contributed by atoms with E-state index in [1.54, 1.807) is 6.08 Å². The third-order valence-electron chi connectivity index (χ3n) is 6.33. The smallest absolute Gasteiger partial charge is 0.330 e. The molecule has 2 nitrogen and oxygen atoms in total. The van der Waals surface area contributed by atoms with Gasteiger partial charge in [0.2, 0.25) is 0 Å². The molecule has 0 bridgehead atoms. The van der Waals surface area contributed by atoms with Crippen LogP contribution in [0.2, 0.25) is 0 Å². The van der Waals surface area contributed by atoms with E-state index in [-0.39, 0.29) is 17.0 Å². The first-order valence-electron chi connectivity index (χ1n) is 7.69. The van der Waals surface area contributed by atoms with Gasteiger partial charge in [-0.05, 0) is 49.4 Å². The highest BCUT2D eigenvalue weighted by Crippen LogP contribution is 2.63. The van der Waals surface area contributed by atoms with Crippen molar-refractivity contribution in [3.05, 3.63) is 12.2 Å². The van der Waals surface area contributed by atoms with Gasteiger partial charge in [-0.3, -0.25) is 0 Å². The van der Waals surface area contributed by atoms with Gasteiger partial charge in [-0.2, -0.15) is 0 Å². The highest BCUT2D eigenvalue weighted by molar-refractivity contribution is 5.83. The van der Waals surface area contributed by atoms with Crippen molar-refractivity contribution in [1.82, 2.24) is 0 Å². The van der Waals surface area contributed by atoms with Gasteiger partial charge in [-0.1, -0.05) is 33.3 Å². The largest absolute Gasteiger partial charge is 0.456 e. The molecule has 0 aromatic heterocycles. The van der Waals surface area contributed by atoms with Crippen LogP contribution in [0.1, 0.15) is 59.8 Å². The lowest BCUT2D eigenvalue weighted by Gasteiger charge is -2.61. The number of rotatable bonds is 0. The fraction of sp³-hybridized carbons (Fsp3) is 0.824. The van der Waals surface area contributed by atoms with Crippen molar-refractivity contribution in [3.8, 4) is 0 Å². The average Bonchev–Trinajstić information content (AvgIpc) is 2.25. The standard InChI is InChI=1S/C17H26O2/c1-15(2)9-5-10-16(3)12(15)8-11-17(4)13(16)6-7-14(18)19-17/h6-7,12-13H,5,8-11H2,1-4H3. The molecule has 3 rings (SSSR count). The van der Waals surface area contributed by atoms with E-state index >= 15 is 0 Å². The summed E-state index contributed by atoms with van der Waals surface area (Å²) in [7, 11) is 0. The Bertz CT molecular complexity index is 437. The molecule has 2 heteroatoms. The monoisotopic (exact) mass is 262 g/mol.